The molecule has 1 aromatic carbocycles. The number of nitrogens with zero attached hydrogens (tertiary/aromatic N) is 2. The highest BCUT2D eigenvalue weighted by molar-refractivity contribution is 6.09. The molecule has 1 unspecified atom stereocenters. The van der Waals surface area contributed by atoms with Gasteiger partial charge in [0.2, 0.25) is 5.96 Å². The summed E-state index contributed by atoms with van der Waals surface area (Å²) < 4.78 is 5.18. The zero-order chi connectivity index (χ0) is 14.5. The molecule has 2 amide bonds. The number of carbonyl (C=O) groups excluding carboxylic acids is 2. The van der Waals surface area contributed by atoms with Gasteiger partial charge < -0.3 is 10.5 Å². The molecule has 0 saturated heterocycles. The Morgan fingerprint density at radius 2 is 2.10 bits per heavy atom. The molecule has 1 heterocycles. The molecule has 1 aromatic rings. The molecule has 20 heavy (non-hydrogen) atoms. The van der Waals surface area contributed by atoms with Gasteiger partial charge in [0.1, 0.15) is 12.6 Å². The van der Waals surface area contributed by atoms with Crippen LogP contribution < -0.4 is 5.73 Å². The smallest absolute Gasteiger partial charge is 0.417 e. The summed E-state index contributed by atoms with van der Waals surface area (Å²) >= 11 is 0. The Hall–Kier alpha value is -2.37. The van der Waals surface area contributed by atoms with Crippen LogP contribution >= 0.6 is 0 Å². The van der Waals surface area contributed by atoms with Crippen molar-refractivity contribution in [3.05, 3.63) is 35.9 Å². The van der Waals surface area contributed by atoms with E-state index in [1.807, 2.05) is 37.3 Å². The number of benzene rings is 1. The molecule has 1 atom stereocenters. The summed E-state index contributed by atoms with van der Waals surface area (Å²) in [6.45, 7) is 2.06. The molecule has 0 aliphatic carbocycles. The van der Waals surface area contributed by atoms with Crippen LogP contribution in [0.3, 0.4) is 0 Å². The molecular formula is C14H17N3O3. The lowest BCUT2D eigenvalue weighted by Gasteiger charge is -2.21. The molecular weight excluding hydrogens is 258 g/mol. The van der Waals surface area contributed by atoms with Crippen molar-refractivity contribution in [3.8, 4) is 0 Å². The fourth-order valence-electron chi connectivity index (χ4n) is 2.05. The minimum absolute atomic E-state index is 0.0912. The number of ether oxygens (including phenoxy) is 1. The molecule has 0 bridgehead atoms. The minimum Gasteiger partial charge on any atom is -0.444 e. The second-order valence-electron chi connectivity index (χ2n) is 4.52. The summed E-state index contributed by atoms with van der Waals surface area (Å²) in [5, 5.41) is 0. The third-order valence-electron chi connectivity index (χ3n) is 3.03. The number of guanidine groups is 1. The van der Waals surface area contributed by atoms with E-state index >= 15 is 0 Å². The molecule has 0 saturated carbocycles. The van der Waals surface area contributed by atoms with Gasteiger partial charge in [-0.25, -0.2) is 9.69 Å². The molecule has 0 spiro atoms. The first-order valence-corrected chi connectivity index (χ1v) is 6.51. The number of nitrogens with two attached hydrogens (primary N) is 1. The van der Waals surface area contributed by atoms with Crippen molar-refractivity contribution in [2.24, 2.45) is 10.7 Å². The van der Waals surface area contributed by atoms with Gasteiger partial charge in [0.15, 0.2) is 0 Å². The van der Waals surface area contributed by atoms with Gasteiger partial charge >= 0.3 is 6.09 Å². The topological polar surface area (TPSA) is 85.0 Å². The van der Waals surface area contributed by atoms with Gasteiger partial charge in [0.25, 0.3) is 5.91 Å². The lowest BCUT2D eigenvalue weighted by atomic mass is 10.1. The lowest BCUT2D eigenvalue weighted by molar-refractivity contribution is -0.120. The third kappa shape index (κ3) is 2.96. The minimum atomic E-state index is -0.639. The van der Waals surface area contributed by atoms with Gasteiger partial charge in [0.05, 0.1) is 0 Å². The highest BCUT2D eigenvalue weighted by Crippen LogP contribution is 2.17. The number of hydrogen-bond acceptors (Lipinski definition) is 4. The maximum atomic E-state index is 12.1. The van der Waals surface area contributed by atoms with E-state index in [4.69, 9.17) is 10.5 Å². The van der Waals surface area contributed by atoms with Crippen LogP contribution in [0.4, 0.5) is 4.79 Å². The first-order chi connectivity index (χ1) is 9.63. The van der Waals surface area contributed by atoms with Crippen molar-refractivity contribution in [1.82, 2.24) is 4.90 Å². The van der Waals surface area contributed by atoms with Gasteiger partial charge in [-0.2, -0.15) is 4.99 Å². The first kappa shape index (κ1) is 14.0. The molecule has 2 rings (SSSR count). The Balaban J connectivity index is 2.00. The van der Waals surface area contributed by atoms with E-state index in [9.17, 15) is 9.59 Å². The maximum Gasteiger partial charge on any atom is 0.417 e. The van der Waals surface area contributed by atoms with E-state index in [1.54, 1.807) is 0 Å². The highest BCUT2D eigenvalue weighted by Gasteiger charge is 2.38. The van der Waals surface area contributed by atoms with Gasteiger partial charge in [0, 0.05) is 0 Å². The fourth-order valence-corrected chi connectivity index (χ4v) is 2.05. The predicted molar refractivity (Wildman–Crippen MR) is 73.8 cm³/mol. The number of aliphatic imine (C=N–C) groups is 1. The third-order valence-corrected chi connectivity index (χ3v) is 3.03. The number of carbonyl (C=O) groups is 2. The van der Waals surface area contributed by atoms with Crippen LogP contribution in [0.2, 0.25) is 0 Å². The van der Waals surface area contributed by atoms with Crippen LogP contribution in [-0.4, -0.2) is 28.9 Å². The fraction of sp³-hybridized carbons (Fsp3) is 0.357. The maximum absolute atomic E-state index is 12.1. The Labute approximate surface area is 117 Å². The lowest BCUT2D eigenvalue weighted by Crippen LogP contribution is -2.46. The molecule has 0 fully saturated rings. The Bertz CT molecular complexity index is 528. The zero-order valence-corrected chi connectivity index (χ0v) is 11.3. The SMILES string of the molecule is CCCC1C(=O)N=C(N)N1C(=O)OCc1ccccc1. The van der Waals surface area contributed by atoms with E-state index in [0.717, 1.165) is 16.9 Å². The van der Waals surface area contributed by atoms with Crippen molar-refractivity contribution in [1.29, 1.82) is 0 Å². The van der Waals surface area contributed by atoms with E-state index in [2.05, 4.69) is 4.99 Å². The van der Waals surface area contributed by atoms with Crippen LogP contribution in [0, 0.1) is 0 Å². The van der Waals surface area contributed by atoms with Crippen molar-refractivity contribution in [2.75, 3.05) is 0 Å². The monoisotopic (exact) mass is 275 g/mol. The summed E-state index contributed by atoms with van der Waals surface area (Å²) in [5.74, 6) is -0.479. The number of rotatable bonds is 4. The molecule has 6 nitrogen and oxygen atoms in total. The van der Waals surface area contributed by atoms with Crippen LogP contribution in [0.25, 0.3) is 0 Å². The van der Waals surface area contributed by atoms with Crippen molar-refractivity contribution in [2.45, 2.75) is 32.4 Å². The van der Waals surface area contributed by atoms with Gasteiger partial charge in [-0.05, 0) is 12.0 Å². The van der Waals surface area contributed by atoms with Crippen LogP contribution in [-0.2, 0) is 16.1 Å². The second-order valence-corrected chi connectivity index (χ2v) is 4.52. The normalized spacial score (nSPS) is 18.1. The Morgan fingerprint density at radius 1 is 1.40 bits per heavy atom. The number of amides is 2. The van der Waals surface area contributed by atoms with E-state index in [0.29, 0.717) is 6.42 Å². The summed E-state index contributed by atoms with van der Waals surface area (Å²) in [6.07, 6.45) is 0.630. The average Bonchev–Trinajstić information content (AvgIpc) is 2.72. The summed E-state index contributed by atoms with van der Waals surface area (Å²) in [4.78, 5) is 28.5. The van der Waals surface area contributed by atoms with Crippen LogP contribution in [0.15, 0.2) is 35.3 Å². The van der Waals surface area contributed by atoms with Crippen molar-refractivity contribution in [3.63, 3.8) is 0 Å². The van der Waals surface area contributed by atoms with Crippen molar-refractivity contribution >= 4 is 18.0 Å². The van der Waals surface area contributed by atoms with Gasteiger partial charge in [-0.1, -0.05) is 43.7 Å². The second kappa shape index (κ2) is 6.18. The van der Waals surface area contributed by atoms with Gasteiger partial charge in [-0.3, -0.25) is 4.79 Å². The first-order valence-electron chi connectivity index (χ1n) is 6.51. The quantitative estimate of drug-likeness (QED) is 0.905. The van der Waals surface area contributed by atoms with E-state index < -0.39 is 12.1 Å². The van der Waals surface area contributed by atoms with Crippen molar-refractivity contribution < 1.29 is 14.3 Å². The Kier molecular flexibility index (Phi) is 4.34. The largest absolute Gasteiger partial charge is 0.444 e. The van der Waals surface area contributed by atoms with E-state index in [-0.39, 0.29) is 18.5 Å². The average molecular weight is 275 g/mol. The molecule has 2 N–H and O–H groups in total. The molecule has 1 aliphatic heterocycles. The zero-order valence-electron chi connectivity index (χ0n) is 11.3. The summed E-state index contributed by atoms with van der Waals surface area (Å²) in [6, 6.07) is 8.67. The van der Waals surface area contributed by atoms with E-state index in [1.165, 1.54) is 0 Å². The predicted octanol–water partition coefficient (Wildman–Crippen LogP) is 1.65. The van der Waals surface area contributed by atoms with Crippen LogP contribution in [0.5, 0.6) is 0 Å². The highest BCUT2D eigenvalue weighted by atomic mass is 16.6. The number of hydrogen-bond donors (Lipinski definition) is 1. The molecule has 0 radical (unpaired) electrons. The van der Waals surface area contributed by atoms with Crippen LogP contribution in [0.1, 0.15) is 25.3 Å². The standard InChI is InChI=1S/C14H17N3O3/c1-2-6-11-12(18)16-13(15)17(11)14(19)20-9-10-7-4-3-5-8-10/h3-5,7-8,11H,2,6,9H2,1H3,(H2,15,16,18). The summed E-state index contributed by atoms with van der Waals surface area (Å²) in [5.41, 5.74) is 6.48. The molecule has 106 valence electrons. The Morgan fingerprint density at radius 3 is 2.75 bits per heavy atom. The van der Waals surface area contributed by atoms with Gasteiger partial charge in [-0.15, -0.1) is 0 Å². The molecule has 1 aliphatic rings. The molecule has 6 heteroatoms. The summed E-state index contributed by atoms with van der Waals surface area (Å²) in [7, 11) is 0. The molecule has 0 aromatic heterocycles.